The van der Waals surface area contributed by atoms with Crippen molar-refractivity contribution in [1.82, 2.24) is 34.1 Å². The van der Waals surface area contributed by atoms with Crippen molar-refractivity contribution in [1.29, 1.82) is 0 Å². The van der Waals surface area contributed by atoms with Gasteiger partial charge >= 0.3 is 0 Å². The van der Waals surface area contributed by atoms with E-state index in [1.807, 2.05) is 26.4 Å². The Morgan fingerprint density at radius 2 is 1.96 bits per heavy atom. The standard InChI is InChI=1S/C17H21N7O2/c25-17(16-2-1-15(26-16)11-22-4-3-18-13-22)23-8-5-21(6-9-23)7-10-24-14-19-12-20-24/h1-4,12-14H,5-11H2. The molecule has 0 N–H and O–H groups in total. The van der Waals surface area contributed by atoms with Crippen molar-refractivity contribution in [2.45, 2.75) is 13.1 Å². The molecule has 4 heterocycles. The molecule has 0 aromatic carbocycles. The van der Waals surface area contributed by atoms with Crippen LogP contribution >= 0.6 is 0 Å². The molecule has 136 valence electrons. The molecule has 4 rings (SSSR count). The second-order valence-electron chi connectivity index (χ2n) is 6.29. The molecule has 1 aliphatic heterocycles. The minimum Gasteiger partial charge on any atom is -0.454 e. The van der Waals surface area contributed by atoms with E-state index in [1.165, 1.54) is 0 Å². The SMILES string of the molecule is O=C(c1ccc(Cn2ccnc2)o1)N1CCN(CCn2cncn2)CC1. The topological polar surface area (TPSA) is 85.2 Å². The van der Waals surface area contributed by atoms with Gasteiger partial charge in [-0.3, -0.25) is 14.4 Å². The molecular formula is C17H21N7O2. The van der Waals surface area contributed by atoms with Crippen molar-refractivity contribution in [3.63, 3.8) is 0 Å². The number of carbonyl (C=O) groups excluding carboxylic acids is 1. The molecule has 0 spiro atoms. The summed E-state index contributed by atoms with van der Waals surface area (Å²) in [5.41, 5.74) is 0. The molecule has 3 aromatic rings. The summed E-state index contributed by atoms with van der Waals surface area (Å²) in [7, 11) is 0. The number of hydrogen-bond acceptors (Lipinski definition) is 6. The maximum atomic E-state index is 12.6. The van der Waals surface area contributed by atoms with Crippen LogP contribution in [0.3, 0.4) is 0 Å². The first kappa shape index (κ1) is 16.5. The maximum Gasteiger partial charge on any atom is 0.289 e. The second kappa shape index (κ2) is 7.52. The van der Waals surface area contributed by atoms with Gasteiger partial charge in [0, 0.05) is 45.1 Å². The zero-order chi connectivity index (χ0) is 17.8. The molecule has 0 radical (unpaired) electrons. The van der Waals surface area contributed by atoms with Crippen LogP contribution in [0.5, 0.6) is 0 Å². The molecule has 1 fully saturated rings. The number of furan rings is 1. The zero-order valence-corrected chi connectivity index (χ0v) is 14.4. The lowest BCUT2D eigenvalue weighted by Crippen LogP contribution is -2.49. The highest BCUT2D eigenvalue weighted by Crippen LogP contribution is 2.14. The van der Waals surface area contributed by atoms with E-state index in [-0.39, 0.29) is 5.91 Å². The van der Waals surface area contributed by atoms with E-state index in [2.05, 4.69) is 20.0 Å². The van der Waals surface area contributed by atoms with Gasteiger partial charge in [-0.1, -0.05) is 0 Å². The fourth-order valence-corrected chi connectivity index (χ4v) is 3.06. The van der Waals surface area contributed by atoms with Crippen molar-refractivity contribution in [3.8, 4) is 0 Å². The van der Waals surface area contributed by atoms with E-state index in [1.54, 1.807) is 31.2 Å². The summed E-state index contributed by atoms with van der Waals surface area (Å²) < 4.78 is 9.45. The van der Waals surface area contributed by atoms with Crippen LogP contribution in [0.15, 0.2) is 47.9 Å². The van der Waals surface area contributed by atoms with Crippen LogP contribution in [0.4, 0.5) is 0 Å². The Labute approximate surface area is 150 Å². The number of aromatic nitrogens is 5. The van der Waals surface area contributed by atoms with Crippen molar-refractivity contribution in [2.75, 3.05) is 32.7 Å². The van der Waals surface area contributed by atoms with Crippen LogP contribution in [0.1, 0.15) is 16.3 Å². The van der Waals surface area contributed by atoms with Crippen LogP contribution in [0.2, 0.25) is 0 Å². The highest BCUT2D eigenvalue weighted by Gasteiger charge is 2.24. The average Bonchev–Trinajstić information content (AvgIpc) is 3.43. The summed E-state index contributed by atoms with van der Waals surface area (Å²) in [5, 5.41) is 4.11. The summed E-state index contributed by atoms with van der Waals surface area (Å²) in [4.78, 5) is 24.8. The zero-order valence-electron chi connectivity index (χ0n) is 14.4. The van der Waals surface area contributed by atoms with Crippen molar-refractivity contribution < 1.29 is 9.21 Å². The number of nitrogens with zero attached hydrogens (tertiary/aromatic N) is 7. The van der Waals surface area contributed by atoms with Gasteiger partial charge in [0.2, 0.25) is 0 Å². The fraction of sp³-hybridized carbons (Fsp3) is 0.412. The first-order valence-electron chi connectivity index (χ1n) is 8.66. The number of imidazole rings is 1. The van der Waals surface area contributed by atoms with Crippen LogP contribution in [0.25, 0.3) is 0 Å². The second-order valence-corrected chi connectivity index (χ2v) is 6.29. The maximum absolute atomic E-state index is 12.6. The number of piperazine rings is 1. The molecule has 1 saturated heterocycles. The van der Waals surface area contributed by atoms with Crippen LogP contribution in [0, 0.1) is 0 Å². The van der Waals surface area contributed by atoms with Gasteiger partial charge < -0.3 is 13.9 Å². The third-order valence-electron chi connectivity index (χ3n) is 4.54. The van der Waals surface area contributed by atoms with Crippen molar-refractivity contribution >= 4 is 5.91 Å². The van der Waals surface area contributed by atoms with Gasteiger partial charge in [-0.15, -0.1) is 0 Å². The molecule has 9 nitrogen and oxygen atoms in total. The smallest absolute Gasteiger partial charge is 0.289 e. The molecule has 0 unspecified atom stereocenters. The Morgan fingerprint density at radius 3 is 2.69 bits per heavy atom. The van der Waals surface area contributed by atoms with Crippen LogP contribution in [-0.4, -0.2) is 72.7 Å². The number of rotatable bonds is 6. The van der Waals surface area contributed by atoms with E-state index in [0.29, 0.717) is 25.4 Å². The fourth-order valence-electron chi connectivity index (χ4n) is 3.06. The third kappa shape index (κ3) is 3.83. The lowest BCUT2D eigenvalue weighted by Gasteiger charge is -2.34. The number of hydrogen-bond donors (Lipinski definition) is 0. The lowest BCUT2D eigenvalue weighted by molar-refractivity contribution is 0.0599. The summed E-state index contributed by atoms with van der Waals surface area (Å²) in [5.74, 6) is 1.10. The normalized spacial score (nSPS) is 15.5. The Kier molecular flexibility index (Phi) is 4.78. The van der Waals surface area contributed by atoms with Crippen LogP contribution in [-0.2, 0) is 13.1 Å². The Balaban J connectivity index is 1.27. The number of carbonyl (C=O) groups is 1. The molecule has 0 saturated carbocycles. The van der Waals surface area contributed by atoms with E-state index < -0.39 is 0 Å². The monoisotopic (exact) mass is 355 g/mol. The van der Waals surface area contributed by atoms with Crippen LogP contribution < -0.4 is 0 Å². The molecule has 0 atom stereocenters. The average molecular weight is 355 g/mol. The van der Waals surface area contributed by atoms with E-state index in [4.69, 9.17) is 4.42 Å². The van der Waals surface area contributed by atoms with Gasteiger partial charge in [-0.05, 0) is 12.1 Å². The quantitative estimate of drug-likeness (QED) is 0.643. The summed E-state index contributed by atoms with van der Waals surface area (Å²) in [6, 6.07) is 3.60. The molecule has 1 aliphatic rings. The van der Waals surface area contributed by atoms with E-state index in [9.17, 15) is 4.79 Å². The van der Waals surface area contributed by atoms with E-state index in [0.717, 1.165) is 31.9 Å². The van der Waals surface area contributed by atoms with Gasteiger partial charge in [0.15, 0.2) is 5.76 Å². The predicted molar refractivity (Wildman–Crippen MR) is 92.4 cm³/mol. The largest absolute Gasteiger partial charge is 0.454 e. The van der Waals surface area contributed by atoms with E-state index >= 15 is 0 Å². The first-order chi connectivity index (χ1) is 12.8. The van der Waals surface area contributed by atoms with Gasteiger partial charge in [0.1, 0.15) is 18.4 Å². The van der Waals surface area contributed by atoms with Crippen molar-refractivity contribution in [3.05, 3.63) is 55.0 Å². The van der Waals surface area contributed by atoms with Crippen molar-refractivity contribution in [2.24, 2.45) is 0 Å². The Hall–Kier alpha value is -2.94. The minimum atomic E-state index is -0.0437. The highest BCUT2D eigenvalue weighted by atomic mass is 16.4. The molecular weight excluding hydrogens is 334 g/mol. The summed E-state index contributed by atoms with van der Waals surface area (Å²) >= 11 is 0. The lowest BCUT2D eigenvalue weighted by atomic mass is 10.3. The Morgan fingerprint density at radius 1 is 1.08 bits per heavy atom. The molecule has 1 amide bonds. The number of amides is 1. The first-order valence-corrected chi connectivity index (χ1v) is 8.66. The highest BCUT2D eigenvalue weighted by molar-refractivity contribution is 5.91. The van der Waals surface area contributed by atoms with Gasteiger partial charge in [-0.2, -0.15) is 5.10 Å². The third-order valence-corrected chi connectivity index (χ3v) is 4.54. The van der Waals surface area contributed by atoms with Gasteiger partial charge in [0.25, 0.3) is 5.91 Å². The molecule has 26 heavy (non-hydrogen) atoms. The molecule has 3 aromatic heterocycles. The molecule has 0 aliphatic carbocycles. The molecule has 9 heteroatoms. The van der Waals surface area contributed by atoms with Gasteiger partial charge in [0.05, 0.1) is 19.4 Å². The van der Waals surface area contributed by atoms with Gasteiger partial charge in [-0.25, -0.2) is 9.97 Å². The summed E-state index contributed by atoms with van der Waals surface area (Å²) in [6.07, 6.45) is 8.57. The Bertz CT molecular complexity index is 817. The summed E-state index contributed by atoms with van der Waals surface area (Å²) in [6.45, 7) is 5.39. The minimum absolute atomic E-state index is 0.0437. The molecule has 0 bridgehead atoms. The predicted octanol–water partition coefficient (Wildman–Crippen LogP) is 0.574.